The molecule has 0 aliphatic carbocycles. The van der Waals surface area contributed by atoms with E-state index in [2.05, 4.69) is 6.92 Å². The van der Waals surface area contributed by atoms with Crippen molar-refractivity contribution in [2.45, 2.75) is 91.6 Å². The lowest BCUT2D eigenvalue weighted by Gasteiger charge is -2.23. The summed E-state index contributed by atoms with van der Waals surface area (Å²) in [7, 11) is 0. The Hall–Kier alpha value is -2.50. The molecule has 0 saturated carbocycles. The van der Waals surface area contributed by atoms with Gasteiger partial charge in [0.15, 0.2) is 5.75 Å². The first-order chi connectivity index (χ1) is 14.7. The van der Waals surface area contributed by atoms with Gasteiger partial charge in [-0.25, -0.2) is 4.79 Å². The second-order valence-electron chi connectivity index (χ2n) is 8.81. The molecule has 0 saturated heterocycles. The minimum absolute atomic E-state index is 0.0539. The van der Waals surface area contributed by atoms with Crippen molar-refractivity contribution in [3.05, 3.63) is 28.6 Å². The standard InChI is InChI=1S/C25H36O6/c1-6-7-8-9-10-11-12-13-17-28-23-22(29-18(2)26)21-19(30-24(23)27)15-14-16-20(21)31-25(3,4)5/h14-16H,6-13,17H2,1-5H3. The predicted molar refractivity (Wildman–Crippen MR) is 122 cm³/mol. The van der Waals surface area contributed by atoms with Crippen molar-refractivity contribution in [3.63, 3.8) is 0 Å². The zero-order chi connectivity index (χ0) is 22.9. The van der Waals surface area contributed by atoms with E-state index in [0.29, 0.717) is 17.7 Å². The van der Waals surface area contributed by atoms with E-state index in [4.69, 9.17) is 18.6 Å². The summed E-state index contributed by atoms with van der Waals surface area (Å²) < 4.78 is 22.7. The second-order valence-corrected chi connectivity index (χ2v) is 8.81. The molecule has 0 atom stereocenters. The quantitative estimate of drug-likeness (QED) is 0.219. The number of carbonyl (C=O) groups excluding carboxylic acids is 1. The van der Waals surface area contributed by atoms with Gasteiger partial charge in [-0.15, -0.1) is 0 Å². The van der Waals surface area contributed by atoms with E-state index in [9.17, 15) is 9.59 Å². The lowest BCUT2D eigenvalue weighted by Crippen LogP contribution is -2.23. The molecule has 31 heavy (non-hydrogen) atoms. The molecule has 0 spiro atoms. The van der Waals surface area contributed by atoms with Crippen LogP contribution in [0, 0.1) is 0 Å². The fourth-order valence-electron chi connectivity index (χ4n) is 3.36. The normalized spacial score (nSPS) is 11.5. The maximum absolute atomic E-state index is 12.6. The Labute approximate surface area is 184 Å². The van der Waals surface area contributed by atoms with Gasteiger partial charge in [0.2, 0.25) is 5.75 Å². The molecule has 0 bridgehead atoms. The third-order valence-corrected chi connectivity index (χ3v) is 4.72. The summed E-state index contributed by atoms with van der Waals surface area (Å²) in [5, 5.41) is 0.415. The molecule has 6 nitrogen and oxygen atoms in total. The van der Waals surface area contributed by atoms with Gasteiger partial charge in [0.25, 0.3) is 0 Å². The summed E-state index contributed by atoms with van der Waals surface area (Å²) >= 11 is 0. The maximum atomic E-state index is 12.6. The van der Waals surface area contributed by atoms with Crippen molar-refractivity contribution in [1.29, 1.82) is 0 Å². The fraction of sp³-hybridized carbons (Fsp3) is 0.600. The van der Waals surface area contributed by atoms with Crippen LogP contribution in [-0.2, 0) is 4.79 Å². The molecule has 0 amide bonds. The van der Waals surface area contributed by atoms with Gasteiger partial charge in [-0.3, -0.25) is 4.79 Å². The lowest BCUT2D eigenvalue weighted by atomic mass is 10.1. The zero-order valence-corrected chi connectivity index (χ0v) is 19.5. The fourth-order valence-corrected chi connectivity index (χ4v) is 3.36. The number of hydrogen-bond donors (Lipinski definition) is 0. The molecular weight excluding hydrogens is 396 g/mol. The van der Waals surface area contributed by atoms with E-state index in [0.717, 1.165) is 19.3 Å². The van der Waals surface area contributed by atoms with Crippen LogP contribution in [0.25, 0.3) is 11.0 Å². The van der Waals surface area contributed by atoms with E-state index in [1.165, 1.54) is 39.0 Å². The molecule has 1 heterocycles. The SMILES string of the molecule is CCCCCCCCCCOc1c(OC(C)=O)c2c(OC(C)(C)C)cccc2oc1=O. The van der Waals surface area contributed by atoms with Crippen molar-refractivity contribution < 1.29 is 23.4 Å². The Bertz CT molecular complexity index is 907. The van der Waals surface area contributed by atoms with Crippen molar-refractivity contribution in [2.75, 3.05) is 6.61 Å². The summed E-state index contributed by atoms with van der Waals surface area (Å²) in [6, 6.07) is 5.12. The van der Waals surface area contributed by atoms with Gasteiger partial charge in [0, 0.05) is 6.92 Å². The molecule has 0 radical (unpaired) electrons. The first kappa shape index (κ1) is 24.8. The van der Waals surface area contributed by atoms with Crippen LogP contribution < -0.4 is 19.8 Å². The predicted octanol–water partition coefficient (Wildman–Crippen LogP) is 6.42. The number of carbonyl (C=O) groups is 1. The van der Waals surface area contributed by atoms with E-state index >= 15 is 0 Å². The molecule has 6 heteroatoms. The Morgan fingerprint density at radius 1 is 0.968 bits per heavy atom. The molecule has 1 aromatic heterocycles. The van der Waals surface area contributed by atoms with Crippen molar-refractivity contribution in [1.82, 2.24) is 0 Å². The van der Waals surface area contributed by atoms with E-state index < -0.39 is 17.2 Å². The lowest BCUT2D eigenvalue weighted by molar-refractivity contribution is -0.131. The highest BCUT2D eigenvalue weighted by Crippen LogP contribution is 2.40. The first-order valence-corrected chi connectivity index (χ1v) is 11.3. The van der Waals surface area contributed by atoms with Crippen LogP contribution >= 0.6 is 0 Å². The Morgan fingerprint density at radius 2 is 1.61 bits per heavy atom. The maximum Gasteiger partial charge on any atom is 0.383 e. The number of rotatable bonds is 12. The number of ether oxygens (including phenoxy) is 3. The van der Waals surface area contributed by atoms with Gasteiger partial charge >= 0.3 is 11.6 Å². The van der Waals surface area contributed by atoms with Crippen molar-refractivity contribution >= 4 is 16.9 Å². The van der Waals surface area contributed by atoms with Gasteiger partial charge in [0.1, 0.15) is 22.3 Å². The van der Waals surface area contributed by atoms with Crippen LogP contribution in [-0.4, -0.2) is 18.2 Å². The van der Waals surface area contributed by atoms with Crippen LogP contribution in [0.2, 0.25) is 0 Å². The third kappa shape index (κ3) is 7.93. The summed E-state index contributed by atoms with van der Waals surface area (Å²) in [4.78, 5) is 24.4. The van der Waals surface area contributed by atoms with Gasteiger partial charge in [-0.2, -0.15) is 0 Å². The molecule has 1 aromatic carbocycles. The smallest absolute Gasteiger partial charge is 0.383 e. The molecule has 0 fully saturated rings. The number of unbranched alkanes of at least 4 members (excludes halogenated alkanes) is 7. The number of fused-ring (bicyclic) bond motifs is 1. The van der Waals surface area contributed by atoms with Crippen LogP contribution in [0.3, 0.4) is 0 Å². The van der Waals surface area contributed by atoms with Crippen LogP contribution in [0.15, 0.2) is 27.4 Å². The summed E-state index contributed by atoms with van der Waals surface area (Å²) in [5.74, 6) is -0.120. The molecular formula is C25H36O6. The highest BCUT2D eigenvalue weighted by molar-refractivity contribution is 5.93. The minimum Gasteiger partial charge on any atom is -0.487 e. The van der Waals surface area contributed by atoms with E-state index in [1.807, 2.05) is 20.8 Å². The number of benzene rings is 1. The zero-order valence-electron chi connectivity index (χ0n) is 19.5. The monoisotopic (exact) mass is 432 g/mol. The average molecular weight is 433 g/mol. The third-order valence-electron chi connectivity index (χ3n) is 4.72. The van der Waals surface area contributed by atoms with Crippen molar-refractivity contribution in [3.8, 4) is 17.2 Å². The number of hydrogen-bond acceptors (Lipinski definition) is 6. The Balaban J connectivity index is 2.19. The van der Waals surface area contributed by atoms with Crippen molar-refractivity contribution in [2.24, 2.45) is 0 Å². The first-order valence-electron chi connectivity index (χ1n) is 11.3. The van der Waals surface area contributed by atoms with E-state index in [-0.39, 0.29) is 17.1 Å². The Kier molecular flexibility index (Phi) is 9.41. The molecule has 0 aliphatic rings. The molecule has 0 N–H and O–H groups in total. The highest BCUT2D eigenvalue weighted by atomic mass is 16.6. The summed E-state index contributed by atoms with van der Waals surface area (Å²) in [6.07, 6.45) is 9.27. The van der Waals surface area contributed by atoms with Crippen LogP contribution in [0.5, 0.6) is 17.2 Å². The van der Waals surface area contributed by atoms with Gasteiger partial charge < -0.3 is 18.6 Å². The summed E-state index contributed by atoms with van der Waals surface area (Å²) in [6.45, 7) is 9.59. The molecule has 2 aromatic rings. The number of esters is 1. The molecule has 0 unspecified atom stereocenters. The minimum atomic E-state index is -0.670. The second kappa shape index (κ2) is 11.8. The molecule has 2 rings (SSSR count). The average Bonchev–Trinajstić information content (AvgIpc) is 2.66. The van der Waals surface area contributed by atoms with Gasteiger partial charge in [0.05, 0.1) is 6.61 Å². The molecule has 172 valence electrons. The van der Waals surface area contributed by atoms with Crippen LogP contribution in [0.1, 0.15) is 86.0 Å². The largest absolute Gasteiger partial charge is 0.487 e. The van der Waals surface area contributed by atoms with Gasteiger partial charge in [-0.05, 0) is 39.3 Å². The summed E-state index contributed by atoms with van der Waals surface area (Å²) in [5.41, 5.74) is -0.880. The Morgan fingerprint density at radius 3 is 2.23 bits per heavy atom. The van der Waals surface area contributed by atoms with Gasteiger partial charge in [-0.1, -0.05) is 57.9 Å². The van der Waals surface area contributed by atoms with Crippen LogP contribution in [0.4, 0.5) is 0 Å². The van der Waals surface area contributed by atoms with E-state index in [1.54, 1.807) is 18.2 Å². The topological polar surface area (TPSA) is 75.0 Å². The highest BCUT2D eigenvalue weighted by Gasteiger charge is 2.24. The molecule has 0 aliphatic heterocycles.